The Hall–Kier alpha value is 0.660. The summed E-state index contributed by atoms with van der Waals surface area (Å²) in [5, 5.41) is 0. The van der Waals surface area contributed by atoms with Crippen LogP contribution in [0.25, 0.3) is 0 Å². The molecule has 0 aliphatic rings. The third-order valence-electron chi connectivity index (χ3n) is 0.839. The van der Waals surface area contributed by atoms with Crippen LogP contribution in [0.2, 0.25) is 0 Å². The molecule has 0 nitrogen and oxygen atoms in total. The van der Waals surface area contributed by atoms with Crippen LogP contribution >= 0.6 is 47.8 Å². The predicted octanol–water partition coefficient (Wildman–Crippen LogP) is 3.77. The summed E-state index contributed by atoms with van der Waals surface area (Å²) in [4.78, 5) is 0. The average molecular weight is 314 g/mol. The number of halogens is 3. The lowest BCUT2D eigenvalue weighted by Gasteiger charge is -1.95. The van der Waals surface area contributed by atoms with Crippen molar-refractivity contribution in [3.63, 3.8) is 0 Å². The van der Waals surface area contributed by atoms with Crippen LogP contribution in [0, 0.1) is 6.07 Å². The molecule has 0 atom stereocenters. The summed E-state index contributed by atoms with van der Waals surface area (Å²) in [5.41, 5.74) is 0. The predicted molar refractivity (Wildman–Crippen MR) is 48.4 cm³/mol. The van der Waals surface area contributed by atoms with Crippen LogP contribution in [-0.4, -0.2) is 0 Å². The Labute approximate surface area is 79.0 Å². The second kappa shape index (κ2) is 3.17. The molecular weight excluding hydrogens is 312 g/mol. The van der Waals surface area contributed by atoms with Gasteiger partial charge in [0.1, 0.15) is 0 Å². The highest BCUT2D eigenvalue weighted by Gasteiger charge is 1.97. The van der Waals surface area contributed by atoms with Crippen LogP contribution < -0.4 is 0 Å². The van der Waals surface area contributed by atoms with E-state index in [-0.39, 0.29) is 0 Å². The van der Waals surface area contributed by atoms with E-state index in [0.29, 0.717) is 0 Å². The monoisotopic (exact) mass is 311 g/mol. The van der Waals surface area contributed by atoms with E-state index in [1.807, 2.05) is 12.1 Å². The van der Waals surface area contributed by atoms with Crippen molar-refractivity contribution < 1.29 is 0 Å². The smallest absolute Gasteiger partial charge is 0.0459 e. The van der Waals surface area contributed by atoms with Crippen molar-refractivity contribution in [2.75, 3.05) is 0 Å². The molecule has 47 valence electrons. The molecule has 0 spiro atoms. The van der Waals surface area contributed by atoms with E-state index in [0.717, 1.165) is 13.4 Å². The van der Waals surface area contributed by atoms with Gasteiger partial charge in [-0.15, -0.1) is 0 Å². The summed E-state index contributed by atoms with van der Waals surface area (Å²) < 4.78 is 3.05. The second-order valence-electron chi connectivity index (χ2n) is 1.47. The fraction of sp³-hybridized carbons (Fsp3) is 0. The van der Waals surface area contributed by atoms with Gasteiger partial charge in [0.15, 0.2) is 0 Å². The van der Waals surface area contributed by atoms with E-state index in [1.165, 1.54) is 0 Å². The Morgan fingerprint density at radius 3 is 1.78 bits per heavy atom. The van der Waals surface area contributed by atoms with Gasteiger partial charge in [0.25, 0.3) is 0 Å². The van der Waals surface area contributed by atoms with E-state index < -0.39 is 0 Å². The molecule has 0 heterocycles. The molecular formula is C6H2Br3. The van der Waals surface area contributed by atoms with Gasteiger partial charge >= 0.3 is 0 Å². The van der Waals surface area contributed by atoms with Crippen molar-refractivity contribution >= 4 is 47.8 Å². The van der Waals surface area contributed by atoms with Crippen molar-refractivity contribution in [2.24, 2.45) is 0 Å². The van der Waals surface area contributed by atoms with Gasteiger partial charge in [-0.05, 0) is 66.0 Å². The fourth-order valence-electron chi connectivity index (χ4n) is 0.429. The van der Waals surface area contributed by atoms with Crippen LogP contribution in [0.15, 0.2) is 25.6 Å². The largest absolute Gasteiger partial charge is 0.0495 e. The number of hydrogen-bond donors (Lipinski definition) is 0. The van der Waals surface area contributed by atoms with Gasteiger partial charge in [-0.25, -0.2) is 0 Å². The minimum Gasteiger partial charge on any atom is -0.0495 e. The van der Waals surface area contributed by atoms with E-state index in [2.05, 4.69) is 53.9 Å². The van der Waals surface area contributed by atoms with Crippen LogP contribution in [0.5, 0.6) is 0 Å². The lowest BCUT2D eigenvalue weighted by atomic mass is 10.4. The molecule has 0 saturated carbocycles. The third-order valence-corrected chi connectivity index (χ3v) is 4.01. The number of hydrogen-bond acceptors (Lipinski definition) is 0. The standard InChI is InChI=1S/C6H2Br3/c7-4-2-1-3-5(8)6(4)9/h2-3H. The minimum absolute atomic E-state index is 1.01. The highest BCUT2D eigenvalue weighted by molar-refractivity contribution is 9.14. The SMILES string of the molecule is Brc1c[c]cc(Br)c1Br. The Morgan fingerprint density at radius 2 is 1.44 bits per heavy atom. The van der Waals surface area contributed by atoms with Gasteiger partial charge in [0.05, 0.1) is 0 Å². The fourth-order valence-corrected chi connectivity index (χ4v) is 1.62. The quantitative estimate of drug-likeness (QED) is 0.640. The van der Waals surface area contributed by atoms with Crippen molar-refractivity contribution in [3.05, 3.63) is 31.6 Å². The molecule has 0 aromatic heterocycles. The molecule has 0 amide bonds. The molecule has 0 unspecified atom stereocenters. The van der Waals surface area contributed by atoms with E-state index >= 15 is 0 Å². The zero-order valence-corrected chi connectivity index (χ0v) is 9.05. The molecule has 1 aromatic rings. The molecule has 3 heteroatoms. The maximum absolute atomic E-state index is 3.37. The average Bonchev–Trinajstić information content (AvgIpc) is 1.83. The molecule has 0 saturated heterocycles. The van der Waals surface area contributed by atoms with Gasteiger partial charge in [-0.2, -0.15) is 0 Å². The molecule has 9 heavy (non-hydrogen) atoms. The first-order chi connectivity index (χ1) is 4.22. The van der Waals surface area contributed by atoms with Gasteiger partial charge in [-0.3, -0.25) is 0 Å². The number of rotatable bonds is 0. The van der Waals surface area contributed by atoms with Gasteiger partial charge in [0.2, 0.25) is 0 Å². The lowest BCUT2D eigenvalue weighted by Crippen LogP contribution is -1.69. The molecule has 1 aromatic carbocycles. The van der Waals surface area contributed by atoms with Crippen molar-refractivity contribution in [3.8, 4) is 0 Å². The van der Waals surface area contributed by atoms with Crippen LogP contribution in [0.3, 0.4) is 0 Å². The van der Waals surface area contributed by atoms with Crippen molar-refractivity contribution in [1.29, 1.82) is 0 Å². The summed E-state index contributed by atoms with van der Waals surface area (Å²) in [7, 11) is 0. The molecule has 0 fully saturated rings. The maximum atomic E-state index is 3.37. The van der Waals surface area contributed by atoms with Crippen molar-refractivity contribution in [1.82, 2.24) is 0 Å². The van der Waals surface area contributed by atoms with Crippen LogP contribution in [0.1, 0.15) is 0 Å². The Kier molecular flexibility index (Phi) is 2.73. The van der Waals surface area contributed by atoms with Crippen LogP contribution in [0.4, 0.5) is 0 Å². The molecule has 1 rings (SSSR count). The first-order valence-corrected chi connectivity index (χ1v) is 4.60. The maximum Gasteiger partial charge on any atom is 0.0459 e. The van der Waals surface area contributed by atoms with Crippen molar-refractivity contribution in [2.45, 2.75) is 0 Å². The summed E-state index contributed by atoms with van der Waals surface area (Å²) >= 11 is 10.0. The molecule has 0 aliphatic heterocycles. The Balaban J connectivity index is 3.25. The third kappa shape index (κ3) is 1.79. The molecule has 1 radical (unpaired) electrons. The highest BCUT2D eigenvalue weighted by atomic mass is 79.9. The van der Waals surface area contributed by atoms with E-state index in [9.17, 15) is 0 Å². The summed E-state index contributed by atoms with van der Waals surface area (Å²) in [5.74, 6) is 0. The Bertz CT molecular complexity index is 199. The zero-order valence-electron chi connectivity index (χ0n) is 4.29. The van der Waals surface area contributed by atoms with Gasteiger partial charge in [-0.1, -0.05) is 0 Å². The van der Waals surface area contributed by atoms with E-state index in [1.54, 1.807) is 0 Å². The van der Waals surface area contributed by atoms with Crippen LogP contribution in [-0.2, 0) is 0 Å². The topological polar surface area (TPSA) is 0 Å². The first kappa shape index (κ1) is 7.76. The normalized spacial score (nSPS) is 9.67. The highest BCUT2D eigenvalue weighted by Crippen LogP contribution is 2.29. The lowest BCUT2D eigenvalue weighted by molar-refractivity contribution is 1.53. The number of benzene rings is 1. The summed E-state index contributed by atoms with van der Waals surface area (Å²) in [6, 6.07) is 6.66. The minimum atomic E-state index is 1.01. The second-order valence-corrected chi connectivity index (χ2v) is 3.97. The first-order valence-electron chi connectivity index (χ1n) is 2.22. The molecule has 0 N–H and O–H groups in total. The van der Waals surface area contributed by atoms with Gasteiger partial charge < -0.3 is 0 Å². The zero-order chi connectivity index (χ0) is 6.85. The Morgan fingerprint density at radius 1 is 1.00 bits per heavy atom. The summed E-state index contributed by atoms with van der Waals surface area (Å²) in [6.07, 6.45) is 0. The van der Waals surface area contributed by atoms with Gasteiger partial charge in [0, 0.05) is 13.4 Å². The molecule has 0 aliphatic carbocycles. The molecule has 0 bridgehead atoms. The van der Waals surface area contributed by atoms with E-state index in [4.69, 9.17) is 0 Å². The summed E-state index contributed by atoms with van der Waals surface area (Å²) in [6.45, 7) is 0.